The number of fused-ring (bicyclic) bond motifs is 1. The standard InChI is InChI=1S/C22H35N5O2.HI/c1-3-11-24-21(28)10-12-25-22(23-4-2)27-16-19-20(17-27)29-14-13-26(19)15-18-8-6-5-7-9-18;/h5-9,19-20H,3-4,10-17H2,1-2H3,(H,23,25)(H,24,28);1H. The van der Waals surface area contributed by atoms with Gasteiger partial charge in [0.05, 0.1) is 25.3 Å². The fourth-order valence-electron chi connectivity index (χ4n) is 3.99. The molecule has 2 heterocycles. The molecule has 0 saturated carbocycles. The number of carbonyl (C=O) groups excluding carboxylic acids is 1. The number of likely N-dealkylation sites (tertiary alicyclic amines) is 1. The highest BCUT2D eigenvalue weighted by Crippen LogP contribution is 2.24. The van der Waals surface area contributed by atoms with Crippen molar-refractivity contribution in [3.63, 3.8) is 0 Å². The Morgan fingerprint density at radius 3 is 2.73 bits per heavy atom. The molecule has 7 nitrogen and oxygen atoms in total. The molecule has 0 radical (unpaired) electrons. The van der Waals surface area contributed by atoms with Gasteiger partial charge in [0.2, 0.25) is 5.91 Å². The Morgan fingerprint density at radius 2 is 2.00 bits per heavy atom. The van der Waals surface area contributed by atoms with Crippen LogP contribution in [0.25, 0.3) is 0 Å². The number of guanidine groups is 1. The van der Waals surface area contributed by atoms with E-state index in [0.29, 0.717) is 19.0 Å². The summed E-state index contributed by atoms with van der Waals surface area (Å²) in [6.45, 7) is 10.6. The molecule has 2 aliphatic heterocycles. The smallest absolute Gasteiger partial charge is 0.221 e. The number of halogens is 1. The van der Waals surface area contributed by atoms with E-state index in [9.17, 15) is 4.79 Å². The lowest BCUT2D eigenvalue weighted by molar-refractivity contribution is -0.120. The Balaban J connectivity index is 0.00000320. The number of carbonyl (C=O) groups is 1. The molecule has 3 rings (SSSR count). The van der Waals surface area contributed by atoms with Gasteiger partial charge in [0.25, 0.3) is 0 Å². The van der Waals surface area contributed by atoms with Crippen molar-refractivity contribution in [3.8, 4) is 0 Å². The third-order valence-corrected chi connectivity index (χ3v) is 5.45. The first-order valence-electron chi connectivity index (χ1n) is 10.9. The normalized spacial score (nSPS) is 21.7. The second-order valence-electron chi connectivity index (χ2n) is 7.67. The summed E-state index contributed by atoms with van der Waals surface area (Å²) in [5.74, 6) is 0.951. The first-order valence-corrected chi connectivity index (χ1v) is 10.9. The van der Waals surface area contributed by atoms with E-state index in [1.165, 1.54) is 5.56 Å². The van der Waals surface area contributed by atoms with Gasteiger partial charge in [-0.2, -0.15) is 0 Å². The fourth-order valence-corrected chi connectivity index (χ4v) is 3.99. The number of benzene rings is 1. The Hall–Kier alpha value is -1.39. The summed E-state index contributed by atoms with van der Waals surface area (Å²) in [4.78, 5) is 21.4. The van der Waals surface area contributed by atoms with Gasteiger partial charge in [-0.1, -0.05) is 37.3 Å². The lowest BCUT2D eigenvalue weighted by Crippen LogP contribution is -2.50. The summed E-state index contributed by atoms with van der Waals surface area (Å²) in [5, 5.41) is 6.29. The molecule has 0 aliphatic carbocycles. The number of rotatable bonds is 8. The van der Waals surface area contributed by atoms with Crippen LogP contribution < -0.4 is 10.6 Å². The topological polar surface area (TPSA) is 69.2 Å². The predicted octanol–water partition coefficient (Wildman–Crippen LogP) is 2.07. The van der Waals surface area contributed by atoms with E-state index in [2.05, 4.69) is 64.6 Å². The molecule has 168 valence electrons. The SMILES string of the molecule is CCCNC(=O)CCN=C(NCC)N1CC2OCCN(Cc3ccccc3)C2C1.I. The van der Waals surface area contributed by atoms with Gasteiger partial charge < -0.3 is 20.3 Å². The minimum absolute atomic E-state index is 0. The summed E-state index contributed by atoms with van der Waals surface area (Å²) in [5.41, 5.74) is 1.34. The fraction of sp³-hybridized carbons (Fsp3) is 0.636. The van der Waals surface area contributed by atoms with Gasteiger partial charge in [0.15, 0.2) is 5.96 Å². The summed E-state index contributed by atoms with van der Waals surface area (Å²) < 4.78 is 6.09. The van der Waals surface area contributed by atoms with Gasteiger partial charge in [0.1, 0.15) is 0 Å². The molecule has 0 bridgehead atoms. The minimum Gasteiger partial charge on any atom is -0.373 e. The molecule has 0 aromatic heterocycles. The maximum atomic E-state index is 11.8. The molecule has 2 atom stereocenters. The van der Waals surface area contributed by atoms with Gasteiger partial charge in [-0.05, 0) is 18.9 Å². The molecule has 2 fully saturated rings. The van der Waals surface area contributed by atoms with Crippen LogP contribution in [0.2, 0.25) is 0 Å². The summed E-state index contributed by atoms with van der Waals surface area (Å²) in [6, 6.07) is 11.0. The molecule has 1 aromatic rings. The van der Waals surface area contributed by atoms with Crippen LogP contribution in [-0.4, -0.2) is 79.7 Å². The van der Waals surface area contributed by atoms with Crippen molar-refractivity contribution in [2.24, 2.45) is 4.99 Å². The van der Waals surface area contributed by atoms with Gasteiger partial charge in [-0.15, -0.1) is 24.0 Å². The number of aliphatic imine (C=N–C) groups is 1. The molecule has 2 saturated heterocycles. The number of ether oxygens (including phenoxy) is 1. The van der Waals surface area contributed by atoms with Crippen molar-refractivity contribution < 1.29 is 9.53 Å². The molecule has 8 heteroatoms. The average Bonchev–Trinajstić information content (AvgIpc) is 3.18. The van der Waals surface area contributed by atoms with E-state index in [0.717, 1.165) is 58.3 Å². The lowest BCUT2D eigenvalue weighted by atomic mass is 10.1. The summed E-state index contributed by atoms with van der Waals surface area (Å²) in [7, 11) is 0. The van der Waals surface area contributed by atoms with Crippen molar-refractivity contribution in [2.45, 2.75) is 45.4 Å². The third-order valence-electron chi connectivity index (χ3n) is 5.45. The van der Waals surface area contributed by atoms with E-state index >= 15 is 0 Å². The molecule has 2 aliphatic rings. The van der Waals surface area contributed by atoms with Crippen molar-refractivity contribution in [1.82, 2.24) is 20.4 Å². The molecule has 2 N–H and O–H groups in total. The van der Waals surface area contributed by atoms with Gasteiger partial charge in [0, 0.05) is 45.7 Å². The quantitative estimate of drug-likeness (QED) is 0.307. The molecule has 30 heavy (non-hydrogen) atoms. The molecule has 0 spiro atoms. The van der Waals surface area contributed by atoms with Crippen LogP contribution >= 0.6 is 24.0 Å². The predicted molar refractivity (Wildman–Crippen MR) is 131 cm³/mol. The second kappa shape index (κ2) is 13.1. The number of morpholine rings is 1. The van der Waals surface area contributed by atoms with Crippen LogP contribution in [0, 0.1) is 0 Å². The Kier molecular flexibility index (Phi) is 10.9. The highest BCUT2D eigenvalue weighted by molar-refractivity contribution is 14.0. The lowest BCUT2D eigenvalue weighted by Gasteiger charge is -2.36. The van der Waals surface area contributed by atoms with E-state index in [4.69, 9.17) is 9.73 Å². The average molecular weight is 529 g/mol. The van der Waals surface area contributed by atoms with Crippen LogP contribution in [0.3, 0.4) is 0 Å². The van der Waals surface area contributed by atoms with Crippen molar-refractivity contribution in [1.29, 1.82) is 0 Å². The first-order chi connectivity index (χ1) is 14.2. The Morgan fingerprint density at radius 1 is 1.20 bits per heavy atom. The number of hydrogen-bond acceptors (Lipinski definition) is 4. The van der Waals surface area contributed by atoms with Gasteiger partial charge in [-0.3, -0.25) is 14.7 Å². The number of amides is 1. The minimum atomic E-state index is 0. The Bertz CT molecular complexity index is 673. The molecule has 1 aromatic carbocycles. The largest absolute Gasteiger partial charge is 0.373 e. The van der Waals surface area contributed by atoms with E-state index in [1.807, 2.05) is 0 Å². The van der Waals surface area contributed by atoms with Gasteiger partial charge >= 0.3 is 0 Å². The van der Waals surface area contributed by atoms with Crippen LogP contribution in [0.15, 0.2) is 35.3 Å². The summed E-state index contributed by atoms with van der Waals surface area (Å²) >= 11 is 0. The zero-order valence-corrected chi connectivity index (χ0v) is 20.5. The molecular weight excluding hydrogens is 493 g/mol. The first kappa shape index (κ1) is 24.9. The van der Waals surface area contributed by atoms with Crippen LogP contribution in [0.4, 0.5) is 0 Å². The molecular formula is C22H36IN5O2. The zero-order valence-electron chi connectivity index (χ0n) is 18.2. The maximum Gasteiger partial charge on any atom is 0.221 e. The van der Waals surface area contributed by atoms with Crippen molar-refractivity contribution in [3.05, 3.63) is 35.9 Å². The van der Waals surface area contributed by atoms with E-state index in [-0.39, 0.29) is 36.0 Å². The molecule has 2 unspecified atom stereocenters. The van der Waals surface area contributed by atoms with Crippen LogP contribution in [-0.2, 0) is 16.1 Å². The van der Waals surface area contributed by atoms with Crippen molar-refractivity contribution in [2.75, 3.05) is 45.9 Å². The van der Waals surface area contributed by atoms with Gasteiger partial charge in [-0.25, -0.2) is 0 Å². The van der Waals surface area contributed by atoms with E-state index in [1.54, 1.807) is 0 Å². The second-order valence-corrected chi connectivity index (χ2v) is 7.67. The van der Waals surface area contributed by atoms with Crippen LogP contribution in [0.1, 0.15) is 32.3 Å². The van der Waals surface area contributed by atoms with Crippen molar-refractivity contribution >= 4 is 35.8 Å². The zero-order chi connectivity index (χ0) is 20.5. The highest BCUT2D eigenvalue weighted by atomic mass is 127. The van der Waals surface area contributed by atoms with E-state index < -0.39 is 0 Å². The summed E-state index contributed by atoms with van der Waals surface area (Å²) in [6.07, 6.45) is 1.57. The molecule has 1 amide bonds. The number of hydrogen-bond donors (Lipinski definition) is 2. The Labute approximate surface area is 197 Å². The maximum absolute atomic E-state index is 11.8. The third kappa shape index (κ3) is 7.09. The number of nitrogens with one attached hydrogen (secondary N) is 2. The van der Waals surface area contributed by atoms with Crippen LogP contribution in [0.5, 0.6) is 0 Å². The highest BCUT2D eigenvalue weighted by Gasteiger charge is 2.41. The number of nitrogens with zero attached hydrogens (tertiary/aromatic N) is 3. The monoisotopic (exact) mass is 529 g/mol.